The first-order chi connectivity index (χ1) is 12.8. The van der Waals surface area contributed by atoms with Crippen LogP contribution in [0.2, 0.25) is 0 Å². The average molecular weight is 394 g/mol. The summed E-state index contributed by atoms with van der Waals surface area (Å²) in [5.74, 6) is -0.306. The second-order valence-corrected chi connectivity index (χ2v) is 8.72. The number of aliphatic hydroxyl groups excluding tert-OH is 1. The van der Waals surface area contributed by atoms with Crippen LogP contribution in [0.4, 0.5) is 4.39 Å². The van der Waals surface area contributed by atoms with Gasteiger partial charge in [0.2, 0.25) is 10.0 Å². The van der Waals surface area contributed by atoms with E-state index >= 15 is 0 Å². The molecular weight excluding hydrogens is 371 g/mol. The summed E-state index contributed by atoms with van der Waals surface area (Å²) in [6, 6.07) is 14.2. The molecule has 0 amide bonds. The van der Waals surface area contributed by atoms with Crippen molar-refractivity contribution in [2.45, 2.75) is 23.0 Å². The predicted octanol–water partition coefficient (Wildman–Crippen LogP) is 0.754. The second kappa shape index (κ2) is 8.04. The fourth-order valence-electron chi connectivity index (χ4n) is 3.17. The Morgan fingerprint density at radius 1 is 1.19 bits per heavy atom. The number of nitrogens with one attached hydrogen (secondary N) is 1. The average Bonchev–Trinajstić information content (AvgIpc) is 2.96. The number of aliphatic hydroxyl groups is 2. The van der Waals surface area contributed by atoms with E-state index in [2.05, 4.69) is 5.32 Å². The van der Waals surface area contributed by atoms with E-state index in [0.717, 1.165) is 9.87 Å². The highest BCUT2D eigenvalue weighted by molar-refractivity contribution is 7.89. The molecule has 0 saturated carbocycles. The van der Waals surface area contributed by atoms with Crippen molar-refractivity contribution in [2.75, 3.05) is 26.2 Å². The van der Waals surface area contributed by atoms with Crippen molar-refractivity contribution >= 4 is 10.0 Å². The van der Waals surface area contributed by atoms with Gasteiger partial charge in [-0.25, -0.2) is 12.8 Å². The van der Waals surface area contributed by atoms with Gasteiger partial charge in [-0.15, -0.1) is 0 Å². The maximum Gasteiger partial charge on any atom is 0.243 e. The molecule has 27 heavy (non-hydrogen) atoms. The molecule has 0 aromatic heterocycles. The van der Waals surface area contributed by atoms with Crippen LogP contribution in [-0.2, 0) is 16.4 Å². The van der Waals surface area contributed by atoms with Crippen LogP contribution in [-0.4, -0.2) is 60.8 Å². The van der Waals surface area contributed by atoms with E-state index in [9.17, 15) is 23.0 Å². The van der Waals surface area contributed by atoms with Crippen molar-refractivity contribution in [1.82, 2.24) is 9.62 Å². The Hall–Kier alpha value is -1.84. The highest BCUT2D eigenvalue weighted by Gasteiger charge is 2.48. The van der Waals surface area contributed by atoms with Gasteiger partial charge in [-0.3, -0.25) is 0 Å². The first-order valence-electron chi connectivity index (χ1n) is 8.72. The lowest BCUT2D eigenvalue weighted by Crippen LogP contribution is -2.50. The Morgan fingerprint density at radius 3 is 2.63 bits per heavy atom. The molecule has 3 rings (SSSR count). The molecule has 146 valence electrons. The summed E-state index contributed by atoms with van der Waals surface area (Å²) in [5.41, 5.74) is -0.765. The molecule has 2 aromatic carbocycles. The van der Waals surface area contributed by atoms with Crippen molar-refractivity contribution in [3.8, 4) is 0 Å². The minimum absolute atomic E-state index is 0.0320. The van der Waals surface area contributed by atoms with Crippen molar-refractivity contribution < 1.29 is 23.0 Å². The van der Waals surface area contributed by atoms with E-state index in [1.54, 1.807) is 30.3 Å². The molecule has 1 saturated heterocycles. The van der Waals surface area contributed by atoms with Gasteiger partial charge in [-0.2, -0.15) is 4.31 Å². The zero-order valence-corrected chi connectivity index (χ0v) is 15.6. The topological polar surface area (TPSA) is 89.9 Å². The first kappa shape index (κ1) is 19.9. The number of β-amino-alcohol motifs (C(OH)–C–C–N with tert-alkyl or cyclic N) is 2. The molecule has 3 N–H and O–H groups in total. The maximum atomic E-state index is 13.2. The van der Waals surface area contributed by atoms with E-state index in [0.29, 0.717) is 13.0 Å². The molecule has 1 aliphatic heterocycles. The normalized spacial score (nSPS) is 23.6. The quantitative estimate of drug-likeness (QED) is 0.603. The number of sulfonamides is 1. The van der Waals surface area contributed by atoms with Gasteiger partial charge in [0, 0.05) is 19.6 Å². The van der Waals surface area contributed by atoms with Crippen molar-refractivity contribution in [3.63, 3.8) is 0 Å². The lowest BCUT2D eigenvalue weighted by Gasteiger charge is -2.26. The zero-order chi connectivity index (χ0) is 19.5. The fourth-order valence-corrected chi connectivity index (χ4v) is 4.70. The molecule has 0 spiro atoms. The van der Waals surface area contributed by atoms with Gasteiger partial charge in [0.05, 0.1) is 11.0 Å². The van der Waals surface area contributed by atoms with Gasteiger partial charge in [0.15, 0.2) is 0 Å². The predicted molar refractivity (Wildman–Crippen MR) is 99.1 cm³/mol. The summed E-state index contributed by atoms with van der Waals surface area (Å²) >= 11 is 0. The summed E-state index contributed by atoms with van der Waals surface area (Å²) in [6.07, 6.45) is -0.645. The van der Waals surface area contributed by atoms with Crippen LogP contribution in [0.3, 0.4) is 0 Å². The Bertz CT molecular complexity index is 878. The Kier molecular flexibility index (Phi) is 5.92. The standard InChI is InChI=1S/C19H23FN2O4S/c20-16-6-4-5-15(11-16)9-10-21-13-19(24)14-22(12-18(19)23)27(25,26)17-7-2-1-3-8-17/h1-8,11,18,21,23-24H,9-10,12-14H2/t18-,19+/m1/s1. The first-order valence-corrected chi connectivity index (χ1v) is 10.2. The highest BCUT2D eigenvalue weighted by atomic mass is 32.2. The minimum atomic E-state index is -3.78. The van der Waals surface area contributed by atoms with Crippen LogP contribution in [0.5, 0.6) is 0 Å². The zero-order valence-electron chi connectivity index (χ0n) is 14.8. The molecule has 6 nitrogen and oxygen atoms in total. The van der Waals surface area contributed by atoms with Crippen LogP contribution in [0.25, 0.3) is 0 Å². The molecule has 2 aromatic rings. The molecule has 0 radical (unpaired) electrons. The third kappa shape index (κ3) is 4.53. The molecule has 0 aliphatic carbocycles. The fraction of sp³-hybridized carbons (Fsp3) is 0.368. The Labute approximate surface area is 158 Å². The number of benzene rings is 2. The molecule has 8 heteroatoms. The Balaban J connectivity index is 1.58. The monoisotopic (exact) mass is 394 g/mol. The van der Waals surface area contributed by atoms with E-state index in [1.165, 1.54) is 24.3 Å². The molecule has 2 atom stereocenters. The summed E-state index contributed by atoms with van der Waals surface area (Å²) in [4.78, 5) is 0.125. The number of hydrogen-bond acceptors (Lipinski definition) is 5. The van der Waals surface area contributed by atoms with Crippen LogP contribution >= 0.6 is 0 Å². The smallest absolute Gasteiger partial charge is 0.243 e. The summed E-state index contributed by atoms with van der Waals surface area (Å²) in [7, 11) is -3.78. The second-order valence-electron chi connectivity index (χ2n) is 6.79. The molecule has 0 bridgehead atoms. The highest BCUT2D eigenvalue weighted by Crippen LogP contribution is 2.27. The van der Waals surface area contributed by atoms with Crippen LogP contribution in [0, 0.1) is 5.82 Å². The molecule has 0 unspecified atom stereocenters. The van der Waals surface area contributed by atoms with Crippen LogP contribution in [0.15, 0.2) is 59.5 Å². The summed E-state index contributed by atoms with van der Waals surface area (Å²) in [5, 5.41) is 24.0. The summed E-state index contributed by atoms with van der Waals surface area (Å²) in [6.45, 7) is 0.131. The van der Waals surface area contributed by atoms with Crippen molar-refractivity contribution in [2.24, 2.45) is 0 Å². The number of hydrogen-bond donors (Lipinski definition) is 3. The third-order valence-corrected chi connectivity index (χ3v) is 6.56. The largest absolute Gasteiger partial charge is 0.389 e. The third-order valence-electron chi connectivity index (χ3n) is 4.74. The summed E-state index contributed by atoms with van der Waals surface area (Å²) < 4.78 is 39.6. The Morgan fingerprint density at radius 2 is 1.93 bits per heavy atom. The number of rotatable bonds is 7. The lowest BCUT2D eigenvalue weighted by molar-refractivity contribution is -0.0380. The van der Waals surface area contributed by atoms with E-state index in [-0.39, 0.29) is 30.3 Å². The lowest BCUT2D eigenvalue weighted by atomic mass is 10.0. The molecular formula is C19H23FN2O4S. The molecule has 1 aliphatic rings. The van der Waals surface area contributed by atoms with Crippen LogP contribution < -0.4 is 5.32 Å². The van der Waals surface area contributed by atoms with Crippen molar-refractivity contribution in [1.29, 1.82) is 0 Å². The van der Waals surface area contributed by atoms with Gasteiger partial charge < -0.3 is 15.5 Å². The maximum absolute atomic E-state index is 13.2. The van der Waals surface area contributed by atoms with Gasteiger partial charge in [0.1, 0.15) is 11.4 Å². The van der Waals surface area contributed by atoms with Gasteiger partial charge in [-0.05, 0) is 42.8 Å². The van der Waals surface area contributed by atoms with Gasteiger partial charge in [0.25, 0.3) is 0 Å². The van der Waals surface area contributed by atoms with E-state index in [4.69, 9.17) is 0 Å². The van der Waals surface area contributed by atoms with E-state index < -0.39 is 21.7 Å². The number of nitrogens with zero attached hydrogens (tertiary/aromatic N) is 1. The van der Waals surface area contributed by atoms with Gasteiger partial charge in [-0.1, -0.05) is 30.3 Å². The molecule has 1 heterocycles. The van der Waals surface area contributed by atoms with E-state index in [1.807, 2.05) is 0 Å². The van der Waals surface area contributed by atoms with Gasteiger partial charge >= 0.3 is 0 Å². The minimum Gasteiger partial charge on any atom is -0.389 e. The molecule has 1 fully saturated rings. The van der Waals surface area contributed by atoms with Crippen molar-refractivity contribution in [3.05, 3.63) is 66.0 Å². The van der Waals surface area contributed by atoms with Crippen LogP contribution in [0.1, 0.15) is 5.56 Å². The number of halogens is 1. The SMILES string of the molecule is O=S(=O)(c1ccccc1)N1C[C@@H](O)[C@](O)(CNCCc2cccc(F)c2)C1.